The molecule has 1 aliphatic carbocycles. The summed E-state index contributed by atoms with van der Waals surface area (Å²) in [6, 6.07) is 6.58. The molecule has 5 heteroatoms. The lowest BCUT2D eigenvalue weighted by Crippen LogP contribution is -2.25. The summed E-state index contributed by atoms with van der Waals surface area (Å²) >= 11 is 0. The summed E-state index contributed by atoms with van der Waals surface area (Å²) in [5, 5.41) is 0. The standard InChI is InChI=1S/C17H17NO4/c1-10(17(21)18(2)3)9-13-14(19)11-7-5-6-8-12(11)15(20)16(13)22-4/h5-9H,1-4H3. The van der Waals surface area contributed by atoms with Crippen LogP contribution in [-0.2, 0) is 9.53 Å². The van der Waals surface area contributed by atoms with Gasteiger partial charge in [0.05, 0.1) is 12.7 Å². The molecule has 1 aromatic carbocycles. The summed E-state index contributed by atoms with van der Waals surface area (Å²) in [6.07, 6.45) is 1.41. The second-order valence-corrected chi connectivity index (χ2v) is 5.18. The maximum Gasteiger partial charge on any atom is 0.248 e. The molecule has 0 N–H and O–H groups in total. The van der Waals surface area contributed by atoms with Crippen LogP contribution in [0.4, 0.5) is 0 Å². The van der Waals surface area contributed by atoms with Crippen molar-refractivity contribution in [3.8, 4) is 0 Å². The maximum absolute atomic E-state index is 12.6. The van der Waals surface area contributed by atoms with Crippen LogP contribution in [0.2, 0.25) is 0 Å². The largest absolute Gasteiger partial charge is 0.492 e. The van der Waals surface area contributed by atoms with Crippen LogP contribution in [-0.4, -0.2) is 43.6 Å². The van der Waals surface area contributed by atoms with Gasteiger partial charge in [-0.2, -0.15) is 0 Å². The predicted molar refractivity (Wildman–Crippen MR) is 81.6 cm³/mol. The van der Waals surface area contributed by atoms with Crippen molar-refractivity contribution in [1.82, 2.24) is 4.90 Å². The number of Topliss-reactive ketones (excluding diaryl/α,β-unsaturated/α-hetero) is 2. The van der Waals surface area contributed by atoms with E-state index in [1.165, 1.54) is 18.1 Å². The highest BCUT2D eigenvalue weighted by atomic mass is 16.5. The topological polar surface area (TPSA) is 63.7 Å². The minimum atomic E-state index is -0.353. The second kappa shape index (κ2) is 5.97. The molecule has 0 atom stereocenters. The smallest absolute Gasteiger partial charge is 0.248 e. The molecule has 0 aliphatic heterocycles. The van der Waals surface area contributed by atoms with Crippen LogP contribution in [0.15, 0.2) is 47.2 Å². The summed E-state index contributed by atoms with van der Waals surface area (Å²) < 4.78 is 5.12. The van der Waals surface area contributed by atoms with Gasteiger partial charge in [-0.05, 0) is 13.0 Å². The first-order valence-electron chi connectivity index (χ1n) is 6.75. The van der Waals surface area contributed by atoms with E-state index in [1.54, 1.807) is 45.3 Å². The molecule has 0 heterocycles. The van der Waals surface area contributed by atoms with Gasteiger partial charge in [-0.25, -0.2) is 0 Å². The highest BCUT2D eigenvalue weighted by Gasteiger charge is 2.32. The predicted octanol–water partition coefficient (Wildman–Crippen LogP) is 2.00. The van der Waals surface area contributed by atoms with E-state index in [9.17, 15) is 14.4 Å². The Kier molecular flexibility index (Phi) is 4.26. The quantitative estimate of drug-likeness (QED) is 0.801. The summed E-state index contributed by atoms with van der Waals surface area (Å²) in [5.74, 6) is -0.941. The Bertz CT molecular complexity index is 726. The van der Waals surface area contributed by atoms with Crippen LogP contribution in [0.1, 0.15) is 27.6 Å². The van der Waals surface area contributed by atoms with Crippen LogP contribution in [0.3, 0.4) is 0 Å². The molecule has 0 aromatic heterocycles. The molecule has 2 rings (SSSR count). The molecular weight excluding hydrogens is 282 g/mol. The van der Waals surface area contributed by atoms with Gasteiger partial charge in [-0.1, -0.05) is 24.3 Å². The second-order valence-electron chi connectivity index (χ2n) is 5.18. The van der Waals surface area contributed by atoms with E-state index in [2.05, 4.69) is 0 Å². The number of hydrogen-bond acceptors (Lipinski definition) is 4. The molecule has 1 aliphatic rings. The number of ketones is 2. The number of nitrogens with zero attached hydrogens (tertiary/aromatic N) is 1. The Balaban J connectivity index is 2.58. The zero-order valence-corrected chi connectivity index (χ0v) is 13.0. The average molecular weight is 299 g/mol. The molecule has 114 valence electrons. The fourth-order valence-electron chi connectivity index (χ4n) is 2.34. The van der Waals surface area contributed by atoms with Crippen molar-refractivity contribution < 1.29 is 19.1 Å². The third kappa shape index (κ3) is 2.57. The number of rotatable bonds is 3. The zero-order chi connectivity index (χ0) is 16.4. The molecule has 0 fully saturated rings. The highest BCUT2D eigenvalue weighted by molar-refractivity contribution is 6.27. The average Bonchev–Trinajstić information content (AvgIpc) is 2.51. The number of methoxy groups -OCH3 is 1. The molecular formula is C17H17NO4. The molecule has 1 aromatic rings. The lowest BCUT2D eigenvalue weighted by molar-refractivity contribution is -0.124. The highest BCUT2D eigenvalue weighted by Crippen LogP contribution is 2.28. The monoisotopic (exact) mass is 299 g/mol. The van der Waals surface area contributed by atoms with Gasteiger partial charge in [0, 0.05) is 30.8 Å². The van der Waals surface area contributed by atoms with Gasteiger partial charge in [0.2, 0.25) is 11.7 Å². The van der Waals surface area contributed by atoms with Crippen molar-refractivity contribution in [3.63, 3.8) is 0 Å². The van der Waals surface area contributed by atoms with Crippen LogP contribution in [0.5, 0.6) is 0 Å². The number of carbonyl (C=O) groups excluding carboxylic acids is 3. The van der Waals surface area contributed by atoms with Crippen LogP contribution in [0.25, 0.3) is 0 Å². The number of benzene rings is 1. The molecule has 0 saturated heterocycles. The first-order valence-corrected chi connectivity index (χ1v) is 6.75. The third-order valence-corrected chi connectivity index (χ3v) is 3.42. The van der Waals surface area contributed by atoms with E-state index in [1.807, 2.05) is 0 Å². The number of fused-ring (bicyclic) bond motifs is 1. The van der Waals surface area contributed by atoms with Crippen molar-refractivity contribution in [1.29, 1.82) is 0 Å². The molecule has 22 heavy (non-hydrogen) atoms. The summed E-state index contributed by atoms with van der Waals surface area (Å²) in [6.45, 7) is 1.60. The first-order chi connectivity index (χ1) is 10.4. The Hall–Kier alpha value is -2.69. The zero-order valence-electron chi connectivity index (χ0n) is 13.0. The number of amides is 1. The van der Waals surface area contributed by atoms with E-state index in [-0.39, 0.29) is 28.8 Å². The SMILES string of the molecule is COC1=C(C=C(C)C(=O)N(C)C)C(=O)c2ccccc2C1=O. The van der Waals surface area contributed by atoms with E-state index < -0.39 is 0 Å². The van der Waals surface area contributed by atoms with Gasteiger partial charge < -0.3 is 9.64 Å². The van der Waals surface area contributed by atoms with Crippen molar-refractivity contribution in [2.45, 2.75) is 6.92 Å². The molecule has 5 nitrogen and oxygen atoms in total. The Labute approximate surface area is 128 Å². The maximum atomic E-state index is 12.6. The van der Waals surface area contributed by atoms with E-state index in [0.29, 0.717) is 16.7 Å². The Morgan fingerprint density at radius 1 is 1.09 bits per heavy atom. The number of ether oxygens (including phenoxy) is 1. The van der Waals surface area contributed by atoms with E-state index >= 15 is 0 Å². The lowest BCUT2D eigenvalue weighted by Gasteiger charge is -2.19. The number of likely N-dealkylation sites (N-methyl/N-ethyl adjacent to an activating group) is 1. The minimum absolute atomic E-state index is 0.0328. The molecule has 0 spiro atoms. The van der Waals surface area contributed by atoms with E-state index in [0.717, 1.165) is 0 Å². The molecule has 0 bridgehead atoms. The third-order valence-electron chi connectivity index (χ3n) is 3.42. The fourth-order valence-corrected chi connectivity index (χ4v) is 2.34. The van der Waals surface area contributed by atoms with Gasteiger partial charge in [0.15, 0.2) is 11.5 Å². The Morgan fingerprint density at radius 2 is 1.64 bits per heavy atom. The number of allylic oxidation sites excluding steroid dienone is 3. The van der Waals surface area contributed by atoms with Crippen LogP contribution >= 0.6 is 0 Å². The minimum Gasteiger partial charge on any atom is -0.492 e. The number of carbonyl (C=O) groups is 3. The fraction of sp³-hybridized carbons (Fsp3) is 0.235. The van der Waals surface area contributed by atoms with E-state index in [4.69, 9.17) is 4.74 Å². The molecule has 0 unspecified atom stereocenters. The van der Waals surface area contributed by atoms with Gasteiger partial charge in [-0.3, -0.25) is 14.4 Å². The van der Waals surface area contributed by atoms with Crippen LogP contribution < -0.4 is 0 Å². The first kappa shape index (κ1) is 15.7. The molecule has 0 radical (unpaired) electrons. The van der Waals surface area contributed by atoms with Crippen LogP contribution in [0, 0.1) is 0 Å². The van der Waals surface area contributed by atoms with Crippen molar-refractivity contribution in [2.75, 3.05) is 21.2 Å². The van der Waals surface area contributed by atoms with Gasteiger partial charge in [0.25, 0.3) is 0 Å². The van der Waals surface area contributed by atoms with Gasteiger partial charge >= 0.3 is 0 Å². The Morgan fingerprint density at radius 3 is 2.14 bits per heavy atom. The van der Waals surface area contributed by atoms with Crippen molar-refractivity contribution >= 4 is 17.5 Å². The van der Waals surface area contributed by atoms with Gasteiger partial charge in [-0.15, -0.1) is 0 Å². The number of hydrogen-bond donors (Lipinski definition) is 0. The summed E-state index contributed by atoms with van der Waals surface area (Å²) in [4.78, 5) is 38.4. The summed E-state index contributed by atoms with van der Waals surface area (Å²) in [5.41, 5.74) is 1.11. The van der Waals surface area contributed by atoms with Gasteiger partial charge in [0.1, 0.15) is 0 Å². The normalized spacial score (nSPS) is 14.8. The molecule has 0 saturated carbocycles. The van der Waals surface area contributed by atoms with Crippen molar-refractivity contribution in [2.24, 2.45) is 0 Å². The van der Waals surface area contributed by atoms with Crippen molar-refractivity contribution in [3.05, 3.63) is 58.4 Å². The summed E-state index contributed by atoms with van der Waals surface area (Å²) in [7, 11) is 4.58. The molecule has 1 amide bonds. The lowest BCUT2D eigenvalue weighted by atomic mass is 9.87.